The van der Waals surface area contributed by atoms with Crippen LogP contribution in [-0.4, -0.2) is 51.3 Å². The van der Waals surface area contributed by atoms with E-state index in [9.17, 15) is 8.42 Å². The van der Waals surface area contributed by atoms with Gasteiger partial charge in [-0.3, -0.25) is 4.90 Å². The summed E-state index contributed by atoms with van der Waals surface area (Å²) in [5.74, 6) is 0.295. The molecule has 1 aliphatic rings. The Morgan fingerprint density at radius 2 is 1.88 bits per heavy atom. The number of benzene rings is 1. The third kappa shape index (κ3) is 4.27. The molecular weight excluding hydrogens is 342 g/mol. The van der Waals surface area contributed by atoms with Gasteiger partial charge in [0.1, 0.15) is 10.6 Å². The minimum Gasteiger partial charge on any atom is -0.379 e. The molecule has 136 valence electrons. The van der Waals surface area contributed by atoms with Crippen molar-refractivity contribution < 1.29 is 17.7 Å². The molecule has 3 rings (SSSR count). The van der Waals surface area contributed by atoms with Crippen molar-refractivity contribution in [2.45, 2.75) is 24.8 Å². The zero-order valence-electron chi connectivity index (χ0n) is 14.4. The van der Waals surface area contributed by atoms with Crippen LogP contribution in [0.3, 0.4) is 0 Å². The number of aryl methyl sites for hydroxylation is 2. The van der Waals surface area contributed by atoms with Crippen LogP contribution in [0.5, 0.6) is 0 Å². The fourth-order valence-electron chi connectivity index (χ4n) is 3.04. The van der Waals surface area contributed by atoms with E-state index in [1.165, 1.54) is 0 Å². The van der Waals surface area contributed by atoms with Crippen LogP contribution in [0.4, 0.5) is 0 Å². The molecule has 1 aliphatic heterocycles. The van der Waals surface area contributed by atoms with Gasteiger partial charge in [0.15, 0.2) is 5.76 Å². The van der Waals surface area contributed by atoms with Gasteiger partial charge in [-0.1, -0.05) is 35.5 Å². The summed E-state index contributed by atoms with van der Waals surface area (Å²) in [5, 5.41) is 3.76. The molecule has 0 aliphatic carbocycles. The molecule has 1 N–H and O–H groups in total. The van der Waals surface area contributed by atoms with E-state index in [-0.39, 0.29) is 10.9 Å². The van der Waals surface area contributed by atoms with Crippen LogP contribution >= 0.6 is 0 Å². The molecule has 1 aromatic heterocycles. The maximum absolute atomic E-state index is 12.9. The Morgan fingerprint density at radius 3 is 2.48 bits per heavy atom. The number of morpholine rings is 1. The first kappa shape index (κ1) is 18.1. The summed E-state index contributed by atoms with van der Waals surface area (Å²) in [6, 6.07) is 9.23. The molecule has 1 fully saturated rings. The highest BCUT2D eigenvalue weighted by Crippen LogP contribution is 2.23. The minimum atomic E-state index is -3.74. The van der Waals surface area contributed by atoms with Crippen LogP contribution < -0.4 is 4.72 Å². The average molecular weight is 365 g/mol. The molecule has 1 saturated heterocycles. The average Bonchev–Trinajstić information content (AvgIpc) is 2.95. The van der Waals surface area contributed by atoms with Gasteiger partial charge in [-0.15, -0.1) is 0 Å². The minimum absolute atomic E-state index is 0.121. The Morgan fingerprint density at radius 1 is 1.20 bits per heavy atom. The summed E-state index contributed by atoms with van der Waals surface area (Å²) in [7, 11) is -3.74. The summed E-state index contributed by atoms with van der Waals surface area (Å²) in [4.78, 5) is 2.33. The van der Waals surface area contributed by atoms with Crippen LogP contribution in [0.15, 0.2) is 39.8 Å². The second kappa shape index (κ2) is 7.65. The molecule has 0 unspecified atom stereocenters. The first-order valence-electron chi connectivity index (χ1n) is 8.27. The van der Waals surface area contributed by atoms with Gasteiger partial charge in [-0.25, -0.2) is 13.1 Å². The Labute approximate surface area is 148 Å². The maximum Gasteiger partial charge on any atom is 0.246 e. The number of nitrogens with zero attached hydrogens (tertiary/aromatic N) is 2. The first-order chi connectivity index (χ1) is 12.0. The second-order valence-electron chi connectivity index (χ2n) is 6.15. The maximum atomic E-state index is 12.9. The summed E-state index contributed by atoms with van der Waals surface area (Å²) in [5.41, 5.74) is 1.28. The van der Waals surface area contributed by atoms with Crippen LogP contribution in [-0.2, 0) is 14.8 Å². The van der Waals surface area contributed by atoms with E-state index in [2.05, 4.69) is 14.8 Å². The lowest BCUT2D eigenvalue weighted by Crippen LogP contribution is -2.43. The molecule has 2 aromatic rings. The van der Waals surface area contributed by atoms with Gasteiger partial charge in [-0.05, 0) is 19.4 Å². The predicted octanol–water partition coefficient (Wildman–Crippen LogP) is 1.64. The fraction of sp³-hybridized carbons (Fsp3) is 0.471. The van der Waals surface area contributed by atoms with Crippen LogP contribution in [0.25, 0.3) is 0 Å². The van der Waals surface area contributed by atoms with Gasteiger partial charge in [0.2, 0.25) is 10.0 Å². The Balaban J connectivity index is 1.86. The highest BCUT2D eigenvalue weighted by Gasteiger charge is 2.29. The van der Waals surface area contributed by atoms with Gasteiger partial charge >= 0.3 is 0 Å². The normalized spacial score (nSPS) is 17.5. The summed E-state index contributed by atoms with van der Waals surface area (Å²) in [6.07, 6.45) is 0. The number of nitrogens with one attached hydrogen (secondary N) is 1. The van der Waals surface area contributed by atoms with Crippen LogP contribution in [0, 0.1) is 13.8 Å². The van der Waals surface area contributed by atoms with Gasteiger partial charge < -0.3 is 9.26 Å². The molecule has 2 heterocycles. The third-order valence-electron chi connectivity index (χ3n) is 4.28. The van der Waals surface area contributed by atoms with Crippen molar-refractivity contribution in [2.24, 2.45) is 0 Å². The van der Waals surface area contributed by atoms with Crippen molar-refractivity contribution in [1.82, 2.24) is 14.8 Å². The van der Waals surface area contributed by atoms with Gasteiger partial charge in [0.25, 0.3) is 0 Å². The topological polar surface area (TPSA) is 84.7 Å². The van der Waals surface area contributed by atoms with Crippen LogP contribution in [0.1, 0.15) is 23.1 Å². The Bertz CT molecular complexity index is 779. The summed E-state index contributed by atoms with van der Waals surface area (Å²) < 4.78 is 39.0. The van der Waals surface area contributed by atoms with Gasteiger partial charge in [-0.2, -0.15) is 0 Å². The summed E-state index contributed by atoms with van der Waals surface area (Å²) >= 11 is 0. The molecule has 0 spiro atoms. The molecule has 1 atom stereocenters. The number of ether oxygens (including phenoxy) is 1. The van der Waals surface area contributed by atoms with Crippen molar-refractivity contribution in [3.8, 4) is 0 Å². The van der Waals surface area contributed by atoms with E-state index in [4.69, 9.17) is 9.26 Å². The predicted molar refractivity (Wildman–Crippen MR) is 92.7 cm³/mol. The number of sulfonamides is 1. The number of aromatic nitrogens is 1. The molecule has 0 radical (unpaired) electrons. The largest absolute Gasteiger partial charge is 0.379 e. The van der Waals surface area contributed by atoms with Gasteiger partial charge in [0.05, 0.1) is 19.3 Å². The molecule has 8 heteroatoms. The van der Waals surface area contributed by atoms with Crippen molar-refractivity contribution in [3.63, 3.8) is 0 Å². The Kier molecular flexibility index (Phi) is 5.53. The van der Waals surface area contributed by atoms with E-state index >= 15 is 0 Å². The highest BCUT2D eigenvalue weighted by molar-refractivity contribution is 7.89. The number of hydrogen-bond acceptors (Lipinski definition) is 6. The lowest BCUT2D eigenvalue weighted by molar-refractivity contribution is 0.0345. The zero-order valence-corrected chi connectivity index (χ0v) is 15.3. The Hall–Kier alpha value is -1.74. The highest BCUT2D eigenvalue weighted by atomic mass is 32.2. The zero-order chi connectivity index (χ0) is 17.9. The van der Waals surface area contributed by atoms with E-state index in [1.807, 2.05) is 30.3 Å². The third-order valence-corrected chi connectivity index (χ3v) is 6.00. The number of hydrogen-bond donors (Lipinski definition) is 1. The first-order valence-corrected chi connectivity index (χ1v) is 9.76. The van der Waals surface area contributed by atoms with Crippen molar-refractivity contribution in [3.05, 3.63) is 47.3 Å². The second-order valence-corrected chi connectivity index (χ2v) is 7.80. The molecule has 0 amide bonds. The lowest BCUT2D eigenvalue weighted by Gasteiger charge is -2.31. The molecular formula is C17H23N3O4S. The van der Waals surface area contributed by atoms with Crippen molar-refractivity contribution in [1.29, 1.82) is 0 Å². The molecule has 7 nitrogen and oxygen atoms in total. The number of rotatable bonds is 6. The molecule has 0 saturated carbocycles. The van der Waals surface area contributed by atoms with Crippen molar-refractivity contribution >= 4 is 10.0 Å². The summed E-state index contributed by atoms with van der Waals surface area (Å²) in [6.45, 7) is 6.72. The van der Waals surface area contributed by atoms with E-state index < -0.39 is 10.0 Å². The SMILES string of the molecule is Cc1noc(C)c1S(=O)(=O)N[C@H](CN1CCOCC1)c1ccccc1. The lowest BCUT2D eigenvalue weighted by atomic mass is 10.1. The van der Waals surface area contributed by atoms with E-state index in [0.29, 0.717) is 31.2 Å². The smallest absolute Gasteiger partial charge is 0.246 e. The van der Waals surface area contributed by atoms with E-state index in [1.54, 1.807) is 13.8 Å². The molecule has 0 bridgehead atoms. The quantitative estimate of drug-likeness (QED) is 0.838. The standard InChI is InChI=1S/C17H23N3O4S/c1-13-17(14(2)24-18-13)25(21,22)19-16(15-6-4-3-5-7-15)12-20-8-10-23-11-9-20/h3-7,16,19H,8-12H2,1-2H3/t16-/m1/s1. The molecule has 1 aromatic carbocycles. The van der Waals surface area contributed by atoms with Crippen LogP contribution in [0.2, 0.25) is 0 Å². The van der Waals surface area contributed by atoms with Gasteiger partial charge in [0, 0.05) is 19.6 Å². The van der Waals surface area contributed by atoms with Crippen molar-refractivity contribution in [2.75, 3.05) is 32.8 Å². The molecule has 25 heavy (non-hydrogen) atoms. The fourth-order valence-corrected chi connectivity index (χ4v) is 4.59. The monoisotopic (exact) mass is 365 g/mol. The van der Waals surface area contributed by atoms with E-state index in [0.717, 1.165) is 18.7 Å².